The van der Waals surface area contributed by atoms with Gasteiger partial charge in [-0.1, -0.05) is 12.1 Å². The number of fused-ring (bicyclic) bond motifs is 4. The predicted molar refractivity (Wildman–Crippen MR) is 111 cm³/mol. The molecule has 0 aliphatic carbocycles. The number of benzene rings is 1. The number of carbonyl (C=O) groups excluding carboxylic acids is 2. The van der Waals surface area contributed by atoms with Crippen molar-refractivity contribution < 1.29 is 23.8 Å². The van der Waals surface area contributed by atoms with Crippen molar-refractivity contribution in [3.05, 3.63) is 23.8 Å². The Morgan fingerprint density at radius 1 is 1.33 bits per heavy atom. The fourth-order valence-electron chi connectivity index (χ4n) is 5.29. The second-order valence-electron chi connectivity index (χ2n) is 9.28. The largest absolute Gasteiger partial charge is 0.493 e. The van der Waals surface area contributed by atoms with E-state index >= 15 is 0 Å². The van der Waals surface area contributed by atoms with E-state index in [0.29, 0.717) is 13.1 Å². The number of nitrogens with one attached hydrogen (secondary N) is 1. The van der Waals surface area contributed by atoms with Crippen LogP contribution in [0.5, 0.6) is 11.5 Å². The average Bonchev–Trinajstić information content (AvgIpc) is 2.70. The van der Waals surface area contributed by atoms with Gasteiger partial charge in [-0.25, -0.2) is 0 Å². The first-order chi connectivity index (χ1) is 14.2. The van der Waals surface area contributed by atoms with Gasteiger partial charge >= 0.3 is 0 Å². The van der Waals surface area contributed by atoms with Crippen LogP contribution >= 0.6 is 0 Å². The Labute approximate surface area is 178 Å². The van der Waals surface area contributed by atoms with Crippen LogP contribution in [0, 0.1) is 11.8 Å². The molecule has 4 rings (SSSR count). The lowest BCUT2D eigenvalue weighted by molar-refractivity contribution is -0.189. The summed E-state index contributed by atoms with van der Waals surface area (Å²) in [5.41, 5.74) is 0.641. The van der Waals surface area contributed by atoms with Gasteiger partial charge in [-0.05, 0) is 39.7 Å². The van der Waals surface area contributed by atoms with E-state index in [4.69, 9.17) is 14.2 Å². The van der Waals surface area contributed by atoms with Gasteiger partial charge in [0.1, 0.15) is 11.6 Å². The van der Waals surface area contributed by atoms with Crippen LogP contribution in [0.2, 0.25) is 0 Å². The minimum atomic E-state index is -0.509. The van der Waals surface area contributed by atoms with E-state index in [9.17, 15) is 9.59 Å². The van der Waals surface area contributed by atoms with Crippen LogP contribution in [0.15, 0.2) is 18.2 Å². The third kappa shape index (κ3) is 3.64. The number of methoxy groups -OCH3 is 1. The first kappa shape index (κ1) is 21.0. The molecule has 7 heteroatoms. The van der Waals surface area contributed by atoms with Gasteiger partial charge in [-0.2, -0.15) is 0 Å². The summed E-state index contributed by atoms with van der Waals surface area (Å²) in [6, 6.07) is 5.46. The molecule has 2 saturated heterocycles. The third-order valence-corrected chi connectivity index (χ3v) is 6.80. The molecular formula is C23H32N2O5. The van der Waals surface area contributed by atoms with Crippen molar-refractivity contribution in [3.8, 4) is 11.5 Å². The van der Waals surface area contributed by atoms with Crippen molar-refractivity contribution in [1.29, 1.82) is 0 Å². The van der Waals surface area contributed by atoms with Gasteiger partial charge in [-0.15, -0.1) is 0 Å². The van der Waals surface area contributed by atoms with E-state index in [-0.39, 0.29) is 35.9 Å². The van der Waals surface area contributed by atoms with E-state index in [1.165, 1.54) is 6.92 Å². The maximum atomic E-state index is 12.8. The smallest absolute Gasteiger partial charge is 0.244 e. The highest BCUT2D eigenvalue weighted by atomic mass is 16.5. The first-order valence-corrected chi connectivity index (χ1v) is 10.8. The first-order valence-electron chi connectivity index (χ1n) is 10.8. The number of hydrogen-bond acceptors (Lipinski definition) is 5. The number of carbonyl (C=O) groups is 2. The predicted octanol–water partition coefficient (Wildman–Crippen LogP) is 2.69. The zero-order chi connectivity index (χ0) is 21.6. The van der Waals surface area contributed by atoms with E-state index in [0.717, 1.165) is 29.9 Å². The molecule has 1 aromatic carbocycles. The van der Waals surface area contributed by atoms with Crippen LogP contribution in [0.25, 0.3) is 0 Å². The minimum Gasteiger partial charge on any atom is -0.493 e. The molecule has 30 heavy (non-hydrogen) atoms. The minimum absolute atomic E-state index is 0.0278. The molecule has 0 aromatic heterocycles. The van der Waals surface area contributed by atoms with Crippen molar-refractivity contribution >= 4 is 11.8 Å². The fourth-order valence-corrected chi connectivity index (χ4v) is 5.29. The van der Waals surface area contributed by atoms with Crippen LogP contribution in [0.4, 0.5) is 0 Å². The SMILES string of the molecule is COc1cccc2c1OC(C)(C)[C@H]1C[C@@H]3CN(C(=O)[C@@H](C)NC(C)=O)CC[C@@H]3O[C@H]21. The summed E-state index contributed by atoms with van der Waals surface area (Å²) in [4.78, 5) is 26.0. The van der Waals surface area contributed by atoms with Gasteiger partial charge in [0.05, 0.1) is 19.3 Å². The molecule has 0 bridgehead atoms. The number of ether oxygens (including phenoxy) is 3. The zero-order valence-electron chi connectivity index (χ0n) is 18.4. The number of nitrogens with zero attached hydrogens (tertiary/aromatic N) is 1. The molecule has 1 aromatic rings. The summed E-state index contributed by atoms with van der Waals surface area (Å²) in [5, 5.41) is 2.70. The van der Waals surface area contributed by atoms with Crippen LogP contribution in [0.1, 0.15) is 52.2 Å². The van der Waals surface area contributed by atoms with Gasteiger partial charge in [0, 0.05) is 37.4 Å². The van der Waals surface area contributed by atoms with Crippen LogP contribution < -0.4 is 14.8 Å². The quantitative estimate of drug-likeness (QED) is 0.820. The Balaban J connectivity index is 1.54. The summed E-state index contributed by atoms with van der Waals surface area (Å²) < 4.78 is 18.6. The van der Waals surface area contributed by atoms with Crippen molar-refractivity contribution in [1.82, 2.24) is 10.2 Å². The van der Waals surface area contributed by atoms with Gasteiger partial charge in [0.2, 0.25) is 11.8 Å². The molecule has 5 atom stereocenters. The van der Waals surface area contributed by atoms with E-state index in [1.807, 2.05) is 17.0 Å². The Hall–Kier alpha value is -2.28. The van der Waals surface area contributed by atoms with Crippen LogP contribution in [0.3, 0.4) is 0 Å². The summed E-state index contributed by atoms with van der Waals surface area (Å²) in [7, 11) is 1.66. The number of hydrogen-bond donors (Lipinski definition) is 1. The molecule has 2 amide bonds. The monoisotopic (exact) mass is 416 g/mol. The highest BCUT2D eigenvalue weighted by molar-refractivity contribution is 5.86. The molecule has 7 nitrogen and oxygen atoms in total. The maximum Gasteiger partial charge on any atom is 0.244 e. The Kier molecular flexibility index (Phi) is 5.43. The standard InChI is InChI=1S/C23H32N2O5/c1-13(24-14(2)26)22(27)25-10-9-18-15(12-25)11-17-20(29-18)16-7-6-8-19(28-5)21(16)30-23(17,3)4/h6-8,13,15,17-18,20H,9-12H2,1-5H3,(H,24,26)/t13-,15-,17+,18+,20-/m1/s1. The van der Waals surface area contributed by atoms with Crippen molar-refractivity contribution in [2.45, 2.75) is 64.4 Å². The molecule has 3 aliphatic heterocycles. The summed E-state index contributed by atoms with van der Waals surface area (Å²) in [6.45, 7) is 8.68. The number of amides is 2. The summed E-state index contributed by atoms with van der Waals surface area (Å²) in [5.74, 6) is 1.73. The molecular weight excluding hydrogens is 384 g/mol. The summed E-state index contributed by atoms with van der Waals surface area (Å²) in [6.07, 6.45) is 1.80. The highest BCUT2D eigenvalue weighted by Gasteiger charge is 2.52. The lowest BCUT2D eigenvalue weighted by Gasteiger charge is -2.53. The lowest BCUT2D eigenvalue weighted by atomic mass is 9.70. The second kappa shape index (κ2) is 7.76. The van der Waals surface area contributed by atoms with Gasteiger partial charge < -0.3 is 24.4 Å². The molecule has 164 valence electrons. The Morgan fingerprint density at radius 3 is 2.80 bits per heavy atom. The van der Waals surface area contributed by atoms with Crippen molar-refractivity contribution in [2.75, 3.05) is 20.2 Å². The number of rotatable bonds is 3. The van der Waals surface area contributed by atoms with E-state index < -0.39 is 11.6 Å². The maximum absolute atomic E-state index is 12.8. The lowest BCUT2D eigenvalue weighted by Crippen LogP contribution is -2.57. The van der Waals surface area contributed by atoms with E-state index in [1.54, 1.807) is 14.0 Å². The van der Waals surface area contributed by atoms with Gasteiger partial charge in [-0.3, -0.25) is 9.59 Å². The summed E-state index contributed by atoms with van der Waals surface area (Å²) >= 11 is 0. The van der Waals surface area contributed by atoms with Crippen molar-refractivity contribution in [3.63, 3.8) is 0 Å². The molecule has 0 unspecified atom stereocenters. The number of para-hydroxylation sites is 1. The van der Waals surface area contributed by atoms with Crippen molar-refractivity contribution in [2.24, 2.45) is 11.8 Å². The molecule has 3 aliphatic rings. The zero-order valence-corrected chi connectivity index (χ0v) is 18.4. The Morgan fingerprint density at radius 2 is 2.10 bits per heavy atom. The van der Waals surface area contributed by atoms with Crippen LogP contribution in [-0.4, -0.2) is 54.7 Å². The highest BCUT2D eigenvalue weighted by Crippen LogP contribution is 2.55. The molecule has 0 saturated carbocycles. The molecule has 0 radical (unpaired) electrons. The Bertz CT molecular complexity index is 839. The van der Waals surface area contributed by atoms with E-state index in [2.05, 4.69) is 25.2 Å². The number of piperidine rings is 1. The normalized spacial score (nSPS) is 30.1. The molecule has 3 heterocycles. The molecule has 1 N–H and O–H groups in total. The second-order valence-corrected chi connectivity index (χ2v) is 9.28. The van der Waals surface area contributed by atoms with Crippen LogP contribution in [-0.2, 0) is 14.3 Å². The number of likely N-dealkylation sites (tertiary alicyclic amines) is 1. The topological polar surface area (TPSA) is 77.1 Å². The van der Waals surface area contributed by atoms with Gasteiger partial charge in [0.25, 0.3) is 0 Å². The third-order valence-electron chi connectivity index (χ3n) is 6.80. The van der Waals surface area contributed by atoms with Gasteiger partial charge in [0.15, 0.2) is 11.5 Å². The molecule has 0 spiro atoms. The molecule has 2 fully saturated rings. The fraction of sp³-hybridized carbons (Fsp3) is 0.652. The average molecular weight is 417 g/mol.